The van der Waals surface area contributed by atoms with E-state index in [0.717, 1.165) is 44.0 Å². The molecule has 0 aromatic carbocycles. The first-order chi connectivity index (χ1) is 10.8. The van der Waals surface area contributed by atoms with E-state index in [9.17, 15) is 4.79 Å². The summed E-state index contributed by atoms with van der Waals surface area (Å²) in [7, 11) is 0. The van der Waals surface area contributed by atoms with Crippen LogP contribution in [-0.2, 0) is 4.79 Å². The van der Waals surface area contributed by atoms with E-state index in [1.165, 1.54) is 38.5 Å². The van der Waals surface area contributed by atoms with Crippen LogP contribution in [0.1, 0.15) is 75.4 Å². The third-order valence-electron chi connectivity index (χ3n) is 5.66. The van der Waals surface area contributed by atoms with Crippen molar-refractivity contribution in [3.05, 3.63) is 11.9 Å². The van der Waals surface area contributed by atoms with E-state index in [2.05, 4.69) is 16.5 Å². The van der Waals surface area contributed by atoms with Gasteiger partial charge in [-0.3, -0.25) is 4.79 Å². The van der Waals surface area contributed by atoms with Crippen LogP contribution in [0.5, 0.6) is 0 Å². The Labute approximate surface area is 132 Å². The van der Waals surface area contributed by atoms with Crippen LogP contribution in [0.2, 0.25) is 0 Å². The van der Waals surface area contributed by atoms with Crippen molar-refractivity contribution >= 4 is 5.91 Å². The van der Waals surface area contributed by atoms with Crippen molar-refractivity contribution in [2.45, 2.75) is 69.7 Å². The molecule has 1 aromatic rings. The topological polar surface area (TPSA) is 51.0 Å². The lowest BCUT2D eigenvalue weighted by atomic mass is 10.0. The van der Waals surface area contributed by atoms with Gasteiger partial charge in [0.15, 0.2) is 0 Å². The predicted octanol–water partition coefficient (Wildman–Crippen LogP) is 2.90. The molecule has 0 radical (unpaired) electrons. The molecule has 0 bridgehead atoms. The number of nitrogens with zero attached hydrogens (tertiary/aromatic N) is 4. The summed E-state index contributed by atoms with van der Waals surface area (Å²) in [6.07, 6.45) is 12.9. The molecule has 22 heavy (non-hydrogen) atoms. The van der Waals surface area contributed by atoms with Gasteiger partial charge < -0.3 is 4.90 Å². The highest BCUT2D eigenvalue weighted by atomic mass is 16.2. The van der Waals surface area contributed by atoms with Crippen molar-refractivity contribution in [2.24, 2.45) is 5.92 Å². The zero-order chi connectivity index (χ0) is 14.9. The predicted molar refractivity (Wildman–Crippen MR) is 83.4 cm³/mol. The maximum atomic E-state index is 12.4. The first-order valence-electron chi connectivity index (χ1n) is 8.99. The summed E-state index contributed by atoms with van der Waals surface area (Å²) < 4.78 is 2.00. The molecular weight excluding hydrogens is 276 g/mol. The molecule has 3 aliphatic rings. The molecule has 2 heterocycles. The van der Waals surface area contributed by atoms with Crippen LogP contribution in [-0.4, -0.2) is 38.9 Å². The van der Waals surface area contributed by atoms with Crippen molar-refractivity contribution in [1.29, 1.82) is 0 Å². The normalized spacial score (nSPS) is 26.0. The second-order valence-electron chi connectivity index (χ2n) is 7.37. The van der Waals surface area contributed by atoms with Crippen LogP contribution in [0.25, 0.3) is 0 Å². The number of hydrogen-bond donors (Lipinski definition) is 0. The fraction of sp³-hybridized carbons (Fsp3) is 0.824. The highest BCUT2D eigenvalue weighted by molar-refractivity contribution is 5.76. The fourth-order valence-electron chi connectivity index (χ4n) is 4.00. The average molecular weight is 302 g/mol. The molecule has 1 unspecified atom stereocenters. The van der Waals surface area contributed by atoms with Gasteiger partial charge in [0.1, 0.15) is 0 Å². The lowest BCUT2D eigenvalue weighted by molar-refractivity contribution is -0.130. The quantitative estimate of drug-likeness (QED) is 0.840. The number of carbonyl (C=O) groups excluding carboxylic acids is 1. The van der Waals surface area contributed by atoms with Crippen LogP contribution in [0.15, 0.2) is 6.20 Å². The second-order valence-corrected chi connectivity index (χ2v) is 7.37. The Morgan fingerprint density at radius 3 is 2.77 bits per heavy atom. The number of carbonyl (C=O) groups is 1. The Morgan fingerprint density at radius 2 is 2.00 bits per heavy atom. The molecule has 1 saturated heterocycles. The van der Waals surface area contributed by atoms with E-state index < -0.39 is 0 Å². The van der Waals surface area contributed by atoms with Crippen LogP contribution >= 0.6 is 0 Å². The Bertz CT molecular complexity index is 531. The van der Waals surface area contributed by atoms with Crippen molar-refractivity contribution < 1.29 is 4.79 Å². The lowest BCUT2D eigenvalue weighted by Crippen LogP contribution is -2.29. The minimum atomic E-state index is 0.329. The van der Waals surface area contributed by atoms with E-state index in [-0.39, 0.29) is 0 Å². The van der Waals surface area contributed by atoms with E-state index in [4.69, 9.17) is 0 Å². The molecule has 5 nitrogen and oxygen atoms in total. The summed E-state index contributed by atoms with van der Waals surface area (Å²) in [5.41, 5.74) is 1.14. The maximum absolute atomic E-state index is 12.4. The van der Waals surface area contributed by atoms with Gasteiger partial charge >= 0.3 is 0 Å². The minimum Gasteiger partial charge on any atom is -0.340 e. The smallest absolute Gasteiger partial charge is 0.222 e. The molecule has 4 rings (SSSR count). The summed E-state index contributed by atoms with van der Waals surface area (Å²) in [5, 5.41) is 8.58. The monoisotopic (exact) mass is 302 g/mol. The van der Waals surface area contributed by atoms with Gasteiger partial charge in [0, 0.05) is 31.6 Å². The molecule has 3 fully saturated rings. The number of hydrogen-bond acceptors (Lipinski definition) is 3. The average Bonchev–Trinajstić information content (AvgIpc) is 3.02. The van der Waals surface area contributed by atoms with Crippen molar-refractivity contribution in [3.63, 3.8) is 0 Å². The Morgan fingerprint density at radius 1 is 1.18 bits per heavy atom. The number of likely N-dealkylation sites (tertiary alicyclic amines) is 1. The summed E-state index contributed by atoms with van der Waals surface area (Å²) in [6.45, 7) is 1.70. The minimum absolute atomic E-state index is 0.329. The van der Waals surface area contributed by atoms with E-state index in [1.807, 2.05) is 9.58 Å². The van der Waals surface area contributed by atoms with Gasteiger partial charge in [0.05, 0.1) is 11.7 Å². The zero-order valence-corrected chi connectivity index (χ0v) is 13.3. The number of amides is 1. The largest absolute Gasteiger partial charge is 0.340 e. The van der Waals surface area contributed by atoms with Crippen molar-refractivity contribution in [2.75, 3.05) is 13.1 Å². The van der Waals surface area contributed by atoms with Crippen molar-refractivity contribution in [3.8, 4) is 0 Å². The van der Waals surface area contributed by atoms with Crippen LogP contribution in [0.4, 0.5) is 0 Å². The van der Waals surface area contributed by atoms with Crippen molar-refractivity contribution in [1.82, 2.24) is 19.9 Å². The molecule has 120 valence electrons. The summed E-state index contributed by atoms with van der Waals surface area (Å²) >= 11 is 0. The number of rotatable bonds is 5. The summed E-state index contributed by atoms with van der Waals surface area (Å²) in [4.78, 5) is 14.4. The van der Waals surface area contributed by atoms with Gasteiger partial charge in [0.25, 0.3) is 0 Å². The molecule has 1 atom stereocenters. The van der Waals surface area contributed by atoms with Gasteiger partial charge in [-0.05, 0) is 31.6 Å². The lowest BCUT2D eigenvalue weighted by Gasteiger charge is -2.17. The Balaban J connectivity index is 1.28. The Kier molecular flexibility index (Phi) is 3.89. The van der Waals surface area contributed by atoms with Gasteiger partial charge in [-0.2, -0.15) is 0 Å². The highest BCUT2D eigenvalue weighted by Gasteiger charge is 2.31. The first-order valence-corrected chi connectivity index (χ1v) is 8.99. The van der Waals surface area contributed by atoms with E-state index in [0.29, 0.717) is 17.9 Å². The third kappa shape index (κ3) is 3.03. The molecule has 1 aromatic heterocycles. The molecule has 5 heteroatoms. The molecule has 0 spiro atoms. The second kappa shape index (κ2) is 6.01. The van der Waals surface area contributed by atoms with Crippen LogP contribution in [0, 0.1) is 5.92 Å². The SMILES string of the molecule is O=C(CCC1CCCC1)N1CCC(n2cc(C3CC3)nn2)C1. The molecule has 1 aliphatic heterocycles. The molecule has 0 N–H and O–H groups in total. The van der Waals surface area contributed by atoms with Gasteiger partial charge in [-0.25, -0.2) is 4.68 Å². The first kappa shape index (κ1) is 14.2. The fourth-order valence-corrected chi connectivity index (χ4v) is 4.00. The van der Waals surface area contributed by atoms with Gasteiger partial charge in [-0.1, -0.05) is 30.9 Å². The third-order valence-corrected chi connectivity index (χ3v) is 5.66. The maximum Gasteiger partial charge on any atom is 0.222 e. The van der Waals surface area contributed by atoms with Gasteiger partial charge in [-0.15, -0.1) is 5.10 Å². The summed E-state index contributed by atoms with van der Waals surface area (Å²) in [5.74, 6) is 1.80. The molecule has 2 saturated carbocycles. The van der Waals surface area contributed by atoms with E-state index in [1.54, 1.807) is 0 Å². The molecular formula is C17H26N4O. The number of aromatic nitrogens is 3. The zero-order valence-electron chi connectivity index (χ0n) is 13.3. The van der Waals surface area contributed by atoms with Gasteiger partial charge in [0.2, 0.25) is 5.91 Å². The molecule has 1 amide bonds. The van der Waals surface area contributed by atoms with Crippen LogP contribution in [0.3, 0.4) is 0 Å². The molecule has 2 aliphatic carbocycles. The standard InChI is InChI=1S/C17H26N4O/c22-17(8-5-13-3-1-2-4-13)20-10-9-15(11-20)21-12-16(18-19-21)14-6-7-14/h12-15H,1-11H2. The van der Waals surface area contributed by atoms with E-state index >= 15 is 0 Å². The Hall–Kier alpha value is -1.39. The summed E-state index contributed by atoms with van der Waals surface area (Å²) in [6, 6.07) is 0.329. The van der Waals surface area contributed by atoms with Crippen LogP contribution < -0.4 is 0 Å². The highest BCUT2D eigenvalue weighted by Crippen LogP contribution is 2.39.